The maximum absolute atomic E-state index is 14.2. The molecule has 0 aromatic heterocycles. The fraction of sp³-hybridized carbons (Fsp3) is 0.867. The summed E-state index contributed by atoms with van der Waals surface area (Å²) in [6.45, 7) is 15.7. The largest absolute Gasteiger partial charge is 0.550 e. The van der Waals surface area contributed by atoms with E-state index in [1.807, 2.05) is 13.0 Å². The summed E-state index contributed by atoms with van der Waals surface area (Å²) in [6.07, 6.45) is 9.69. The molecule has 0 aromatic carbocycles. The number of ketones is 1. The topological polar surface area (TPSA) is 77.4 Å². The molecule has 1 N–H and O–H groups in total. The molecule has 0 aliphatic heterocycles. The van der Waals surface area contributed by atoms with E-state index in [0.29, 0.717) is 18.8 Å². The van der Waals surface area contributed by atoms with Gasteiger partial charge in [-0.05, 0) is 103 Å². The summed E-state index contributed by atoms with van der Waals surface area (Å²) in [5.41, 5.74) is -0.0781. The molecule has 190 valence electrons. The molecule has 34 heavy (non-hydrogen) atoms. The summed E-state index contributed by atoms with van der Waals surface area (Å²) in [7, 11) is 0. The summed E-state index contributed by atoms with van der Waals surface area (Å²) < 4.78 is 0. The van der Waals surface area contributed by atoms with E-state index < -0.39 is 11.4 Å². The highest BCUT2D eigenvalue weighted by molar-refractivity contribution is 5.95. The number of aliphatic hydroxyl groups is 1. The van der Waals surface area contributed by atoms with Crippen LogP contribution in [0.25, 0.3) is 0 Å². The highest BCUT2D eigenvalue weighted by Gasteiger charge is 2.70. The lowest BCUT2D eigenvalue weighted by molar-refractivity contribution is -0.321. The molecule has 5 rings (SSSR count). The van der Waals surface area contributed by atoms with Gasteiger partial charge < -0.3 is 15.0 Å². The highest BCUT2D eigenvalue weighted by Crippen LogP contribution is 2.75. The van der Waals surface area contributed by atoms with Crippen molar-refractivity contribution in [3.05, 3.63) is 11.6 Å². The van der Waals surface area contributed by atoms with Gasteiger partial charge in [-0.15, -0.1) is 0 Å². The number of allylic oxidation sites excluding steroid dienone is 2. The number of hydrogen-bond donors (Lipinski definition) is 1. The van der Waals surface area contributed by atoms with Crippen LogP contribution in [0.5, 0.6) is 0 Å². The Morgan fingerprint density at radius 2 is 1.59 bits per heavy atom. The molecule has 0 saturated heterocycles. The molecule has 0 amide bonds. The standard InChI is InChI=1S/C30H46O4/c1-25(2)21-8-11-30(7)23(28(21,5)10-9-22(25)32)20(31)16-18-19-17-27(4,24(33)34)13-12-26(19,3)14-15-29(18,30)6/h16,19,21-23,32H,8-15,17H2,1-7H3,(H,33,34)/p-1/t19-,21-,22-,23+,26+,27-,28-,29+,30+/m0/s1. The number of aliphatic hydroxyl groups excluding tert-OH is 1. The van der Waals surface area contributed by atoms with Crippen LogP contribution in [0.15, 0.2) is 11.6 Å². The molecule has 4 saturated carbocycles. The van der Waals surface area contributed by atoms with Gasteiger partial charge in [0.05, 0.1) is 6.10 Å². The first-order chi connectivity index (χ1) is 15.6. The molecule has 9 atom stereocenters. The quantitative estimate of drug-likeness (QED) is 0.581. The zero-order chi connectivity index (χ0) is 25.1. The van der Waals surface area contributed by atoms with Gasteiger partial charge in [0.2, 0.25) is 0 Å². The van der Waals surface area contributed by atoms with Crippen LogP contribution in [0.1, 0.15) is 106 Å². The second-order valence-corrected chi connectivity index (χ2v) is 14.9. The predicted molar refractivity (Wildman–Crippen MR) is 130 cm³/mol. The van der Waals surface area contributed by atoms with Gasteiger partial charge >= 0.3 is 0 Å². The van der Waals surface area contributed by atoms with Crippen molar-refractivity contribution < 1.29 is 19.8 Å². The van der Waals surface area contributed by atoms with E-state index in [1.54, 1.807) is 0 Å². The average Bonchev–Trinajstić information content (AvgIpc) is 2.73. The number of carboxylic acid groups (broad SMARTS) is 1. The van der Waals surface area contributed by atoms with Gasteiger partial charge in [0.1, 0.15) is 0 Å². The summed E-state index contributed by atoms with van der Waals surface area (Å²) >= 11 is 0. The molecule has 4 fully saturated rings. The third-order valence-corrected chi connectivity index (χ3v) is 13.0. The normalized spacial score (nSPS) is 54.1. The van der Waals surface area contributed by atoms with Crippen molar-refractivity contribution in [2.24, 2.45) is 50.2 Å². The van der Waals surface area contributed by atoms with E-state index in [-0.39, 0.29) is 50.8 Å². The van der Waals surface area contributed by atoms with Crippen LogP contribution in [0.3, 0.4) is 0 Å². The monoisotopic (exact) mass is 469 g/mol. The van der Waals surface area contributed by atoms with Crippen molar-refractivity contribution >= 4 is 11.8 Å². The minimum Gasteiger partial charge on any atom is -0.550 e. The fourth-order valence-electron chi connectivity index (χ4n) is 10.4. The molecule has 0 bridgehead atoms. The number of fused-ring (bicyclic) bond motifs is 7. The first-order valence-corrected chi connectivity index (χ1v) is 13.7. The van der Waals surface area contributed by atoms with E-state index in [1.165, 1.54) is 5.57 Å². The number of carbonyl (C=O) groups is 2. The van der Waals surface area contributed by atoms with Gasteiger partial charge in [0, 0.05) is 17.3 Å². The summed E-state index contributed by atoms with van der Waals surface area (Å²) in [5, 5.41) is 23.0. The van der Waals surface area contributed by atoms with Crippen LogP contribution in [-0.2, 0) is 9.59 Å². The second kappa shape index (κ2) is 6.99. The number of carboxylic acids is 1. The Balaban J connectivity index is 1.62. The van der Waals surface area contributed by atoms with Crippen LogP contribution in [0.2, 0.25) is 0 Å². The Morgan fingerprint density at radius 3 is 2.24 bits per heavy atom. The van der Waals surface area contributed by atoms with Crippen molar-refractivity contribution in [3.8, 4) is 0 Å². The van der Waals surface area contributed by atoms with Crippen molar-refractivity contribution in [1.29, 1.82) is 0 Å². The number of hydrogen-bond acceptors (Lipinski definition) is 4. The smallest absolute Gasteiger partial charge is 0.159 e. The number of rotatable bonds is 1. The Kier molecular flexibility index (Phi) is 5.04. The van der Waals surface area contributed by atoms with Crippen molar-refractivity contribution in [3.63, 3.8) is 0 Å². The van der Waals surface area contributed by atoms with Gasteiger partial charge in [-0.3, -0.25) is 4.79 Å². The first kappa shape index (κ1) is 24.5. The molecule has 0 radical (unpaired) electrons. The van der Waals surface area contributed by atoms with Crippen molar-refractivity contribution in [2.45, 2.75) is 112 Å². The molecule has 4 nitrogen and oxygen atoms in total. The lowest BCUT2D eigenvalue weighted by atomic mass is 9.33. The zero-order valence-corrected chi connectivity index (χ0v) is 22.4. The van der Waals surface area contributed by atoms with E-state index in [4.69, 9.17) is 0 Å². The predicted octanol–water partition coefficient (Wildman–Crippen LogP) is 5.08. The molecule has 5 aliphatic rings. The Bertz CT molecular complexity index is 965. The molecule has 0 spiro atoms. The van der Waals surface area contributed by atoms with Crippen molar-refractivity contribution in [1.82, 2.24) is 0 Å². The molecular formula is C30H45O4-. The Labute approximate surface area is 206 Å². The van der Waals surface area contributed by atoms with E-state index in [0.717, 1.165) is 44.9 Å². The summed E-state index contributed by atoms with van der Waals surface area (Å²) in [4.78, 5) is 26.3. The highest BCUT2D eigenvalue weighted by atomic mass is 16.4. The molecule has 0 aromatic rings. The fourth-order valence-corrected chi connectivity index (χ4v) is 10.4. The van der Waals surface area contributed by atoms with Crippen LogP contribution < -0.4 is 5.11 Å². The minimum atomic E-state index is -0.940. The van der Waals surface area contributed by atoms with Crippen LogP contribution in [0, 0.1) is 50.2 Å². The zero-order valence-electron chi connectivity index (χ0n) is 22.4. The summed E-state index contributed by atoms with van der Waals surface area (Å²) in [6, 6.07) is 0. The molecule has 4 heteroatoms. The van der Waals surface area contributed by atoms with Gasteiger partial charge in [-0.1, -0.05) is 54.0 Å². The molecule has 5 aliphatic carbocycles. The van der Waals surface area contributed by atoms with Gasteiger partial charge in [-0.25, -0.2) is 0 Å². The van der Waals surface area contributed by atoms with Gasteiger partial charge in [0.15, 0.2) is 5.78 Å². The SMILES string of the molecule is CC1(C)[C@@H](O)CC[C@]2(C)[C@H]3C(=O)C=C4[C@@H]5C[C@@](C)(C(=O)[O-])CC[C@]5(C)CC[C@@]4(C)[C@]3(C)CC[C@@H]12. The molecule has 0 unspecified atom stereocenters. The van der Waals surface area contributed by atoms with E-state index in [9.17, 15) is 19.8 Å². The number of carbonyl (C=O) groups excluding carboxylic acids is 2. The van der Waals surface area contributed by atoms with E-state index >= 15 is 0 Å². The minimum absolute atomic E-state index is 0.0419. The van der Waals surface area contributed by atoms with Crippen LogP contribution in [-0.4, -0.2) is 23.0 Å². The second-order valence-electron chi connectivity index (χ2n) is 14.9. The van der Waals surface area contributed by atoms with Gasteiger partial charge in [0.25, 0.3) is 0 Å². The third kappa shape index (κ3) is 2.81. The molecule has 0 heterocycles. The Hall–Kier alpha value is -1.16. The van der Waals surface area contributed by atoms with Crippen LogP contribution >= 0.6 is 0 Å². The van der Waals surface area contributed by atoms with E-state index in [2.05, 4.69) is 41.5 Å². The Morgan fingerprint density at radius 1 is 0.941 bits per heavy atom. The van der Waals surface area contributed by atoms with Crippen LogP contribution in [0.4, 0.5) is 0 Å². The average molecular weight is 470 g/mol. The lowest BCUT2D eigenvalue weighted by Crippen LogP contribution is -2.66. The van der Waals surface area contributed by atoms with Crippen molar-refractivity contribution in [2.75, 3.05) is 0 Å². The maximum Gasteiger partial charge on any atom is 0.159 e. The first-order valence-electron chi connectivity index (χ1n) is 13.7. The maximum atomic E-state index is 14.2. The summed E-state index contributed by atoms with van der Waals surface area (Å²) in [5.74, 6) is -0.266. The molecular weight excluding hydrogens is 424 g/mol. The van der Waals surface area contributed by atoms with Gasteiger partial charge in [-0.2, -0.15) is 0 Å². The third-order valence-electron chi connectivity index (χ3n) is 13.0. The lowest BCUT2D eigenvalue weighted by Gasteiger charge is -2.70. The number of aliphatic carboxylic acids is 1.